The van der Waals surface area contributed by atoms with Crippen molar-refractivity contribution >= 4 is 11.9 Å². The molecule has 0 aromatic heterocycles. The summed E-state index contributed by atoms with van der Waals surface area (Å²) in [5.41, 5.74) is 0.673. The van der Waals surface area contributed by atoms with Crippen LogP contribution in [0, 0.1) is 0 Å². The van der Waals surface area contributed by atoms with Crippen LogP contribution < -0.4 is 0 Å². The van der Waals surface area contributed by atoms with E-state index in [4.69, 9.17) is 14.6 Å². The molecule has 1 unspecified atom stereocenters. The first-order chi connectivity index (χ1) is 8.13. The molecule has 0 heterocycles. The van der Waals surface area contributed by atoms with Crippen LogP contribution >= 0.6 is 0 Å². The molecular formula is C12H12O5. The van der Waals surface area contributed by atoms with Gasteiger partial charge in [-0.3, -0.25) is 0 Å². The van der Waals surface area contributed by atoms with Gasteiger partial charge in [0.05, 0.1) is 0 Å². The van der Waals surface area contributed by atoms with Gasteiger partial charge in [-0.25, -0.2) is 9.59 Å². The number of hydrogen-bond acceptors (Lipinski definition) is 4. The second-order valence-corrected chi connectivity index (χ2v) is 3.09. The topological polar surface area (TPSA) is 72.8 Å². The van der Waals surface area contributed by atoms with Gasteiger partial charge in [0.15, 0.2) is 0 Å². The zero-order chi connectivity index (χ0) is 12.7. The molecule has 5 nitrogen and oxygen atoms in total. The van der Waals surface area contributed by atoms with Gasteiger partial charge in [0.1, 0.15) is 0 Å². The van der Waals surface area contributed by atoms with Crippen LogP contribution in [0.2, 0.25) is 0 Å². The van der Waals surface area contributed by atoms with E-state index in [1.807, 2.05) is 6.07 Å². The molecule has 0 fully saturated rings. The highest BCUT2D eigenvalue weighted by molar-refractivity contribution is 5.90. The van der Waals surface area contributed by atoms with Crippen molar-refractivity contribution in [1.29, 1.82) is 0 Å². The van der Waals surface area contributed by atoms with E-state index in [1.54, 1.807) is 24.3 Å². The van der Waals surface area contributed by atoms with Crippen LogP contribution in [-0.4, -0.2) is 24.2 Å². The molecule has 0 saturated heterocycles. The quantitative estimate of drug-likeness (QED) is 0.476. The van der Waals surface area contributed by atoms with E-state index in [9.17, 15) is 9.59 Å². The molecular weight excluding hydrogens is 224 g/mol. The highest BCUT2D eigenvalue weighted by atomic mass is 16.7. The Labute approximate surface area is 98.3 Å². The predicted molar refractivity (Wildman–Crippen MR) is 59.1 cm³/mol. The van der Waals surface area contributed by atoms with Crippen LogP contribution in [-0.2, 0) is 19.1 Å². The van der Waals surface area contributed by atoms with Crippen molar-refractivity contribution in [2.75, 3.05) is 7.11 Å². The highest BCUT2D eigenvalue weighted by Crippen LogP contribution is 2.17. The first kappa shape index (κ1) is 12.9. The Hall–Kier alpha value is -2.14. The second-order valence-electron chi connectivity index (χ2n) is 3.09. The normalized spacial score (nSPS) is 12.3. The number of rotatable bonds is 5. The first-order valence-corrected chi connectivity index (χ1v) is 4.83. The van der Waals surface area contributed by atoms with E-state index < -0.39 is 18.2 Å². The summed E-state index contributed by atoms with van der Waals surface area (Å²) in [7, 11) is 1.39. The Morgan fingerprint density at radius 1 is 1.24 bits per heavy atom. The summed E-state index contributed by atoms with van der Waals surface area (Å²) in [6.07, 6.45) is 0.694. The lowest BCUT2D eigenvalue weighted by molar-refractivity contribution is -0.169. The molecule has 1 N–H and O–H groups in total. The lowest BCUT2D eigenvalue weighted by Gasteiger charge is -2.14. The molecule has 1 rings (SSSR count). The number of methoxy groups -OCH3 is 1. The maximum absolute atomic E-state index is 11.2. The van der Waals surface area contributed by atoms with Crippen LogP contribution in [0.1, 0.15) is 11.9 Å². The van der Waals surface area contributed by atoms with Gasteiger partial charge in [-0.2, -0.15) is 0 Å². The van der Waals surface area contributed by atoms with E-state index in [-0.39, 0.29) is 0 Å². The monoisotopic (exact) mass is 236 g/mol. The third-order valence-corrected chi connectivity index (χ3v) is 1.87. The van der Waals surface area contributed by atoms with Gasteiger partial charge in [0.2, 0.25) is 6.29 Å². The fourth-order valence-corrected chi connectivity index (χ4v) is 1.15. The number of carboxylic acids is 1. The molecule has 0 aliphatic rings. The van der Waals surface area contributed by atoms with E-state index in [1.165, 1.54) is 7.11 Å². The zero-order valence-electron chi connectivity index (χ0n) is 9.20. The lowest BCUT2D eigenvalue weighted by atomic mass is 10.2. The molecule has 0 aliphatic carbocycles. The Balaban J connectivity index is 2.65. The average molecular weight is 236 g/mol. The molecule has 0 spiro atoms. The Bertz CT molecular complexity index is 410. The van der Waals surface area contributed by atoms with E-state index in [0.717, 1.165) is 6.08 Å². The molecule has 0 saturated carbocycles. The Kier molecular flexibility index (Phi) is 4.90. The summed E-state index contributed by atoms with van der Waals surface area (Å²) in [6, 6.07) is 8.86. The molecule has 90 valence electrons. The molecule has 1 aromatic rings. The van der Waals surface area contributed by atoms with Crippen molar-refractivity contribution in [1.82, 2.24) is 0 Å². The van der Waals surface area contributed by atoms with Crippen LogP contribution in [0.4, 0.5) is 0 Å². The minimum atomic E-state index is -1.21. The van der Waals surface area contributed by atoms with Crippen molar-refractivity contribution < 1.29 is 24.2 Å². The highest BCUT2D eigenvalue weighted by Gasteiger charge is 2.13. The Morgan fingerprint density at radius 2 is 1.88 bits per heavy atom. The van der Waals surface area contributed by atoms with Crippen molar-refractivity contribution in [2.24, 2.45) is 0 Å². The summed E-state index contributed by atoms with van der Waals surface area (Å²) in [6.45, 7) is 0. The number of benzene rings is 1. The summed E-state index contributed by atoms with van der Waals surface area (Å²) >= 11 is 0. The summed E-state index contributed by atoms with van der Waals surface area (Å²) in [5.74, 6) is -1.99. The SMILES string of the molecule is COC(OC(=O)C=CC(=O)O)c1ccccc1. The third-order valence-electron chi connectivity index (χ3n) is 1.87. The van der Waals surface area contributed by atoms with E-state index >= 15 is 0 Å². The molecule has 17 heavy (non-hydrogen) atoms. The number of carbonyl (C=O) groups is 2. The molecule has 0 aliphatic heterocycles. The molecule has 5 heteroatoms. The molecule has 1 atom stereocenters. The largest absolute Gasteiger partial charge is 0.478 e. The molecule has 0 bridgehead atoms. The average Bonchev–Trinajstić information content (AvgIpc) is 2.34. The third kappa shape index (κ3) is 4.48. The first-order valence-electron chi connectivity index (χ1n) is 4.83. The van der Waals surface area contributed by atoms with Crippen molar-refractivity contribution in [2.45, 2.75) is 6.29 Å². The van der Waals surface area contributed by atoms with E-state index in [2.05, 4.69) is 0 Å². The zero-order valence-corrected chi connectivity index (χ0v) is 9.20. The van der Waals surface area contributed by atoms with Crippen molar-refractivity contribution in [3.8, 4) is 0 Å². The van der Waals surface area contributed by atoms with Gasteiger partial charge in [0.25, 0.3) is 0 Å². The maximum Gasteiger partial charge on any atom is 0.333 e. The predicted octanol–water partition coefficient (Wildman–Crippen LogP) is 1.52. The summed E-state index contributed by atoms with van der Waals surface area (Å²) in [5, 5.41) is 8.34. The standard InChI is InChI=1S/C12H12O5/c1-16-12(9-5-3-2-4-6-9)17-11(15)8-7-10(13)14/h2-8,12H,1H3,(H,13,14). The number of carboxylic acid groups (broad SMARTS) is 1. The summed E-state index contributed by atoms with van der Waals surface area (Å²) in [4.78, 5) is 21.4. The minimum Gasteiger partial charge on any atom is -0.478 e. The van der Waals surface area contributed by atoms with Gasteiger partial charge in [-0.15, -0.1) is 0 Å². The molecule has 1 aromatic carbocycles. The Morgan fingerprint density at radius 3 is 2.41 bits per heavy atom. The van der Waals surface area contributed by atoms with Gasteiger partial charge in [0, 0.05) is 24.8 Å². The van der Waals surface area contributed by atoms with Gasteiger partial charge in [-0.05, 0) is 0 Å². The van der Waals surface area contributed by atoms with E-state index in [0.29, 0.717) is 11.6 Å². The number of carbonyl (C=O) groups excluding carboxylic acids is 1. The number of aliphatic carboxylic acids is 1. The fourth-order valence-electron chi connectivity index (χ4n) is 1.15. The van der Waals surface area contributed by atoms with Gasteiger partial charge >= 0.3 is 11.9 Å². The van der Waals surface area contributed by atoms with Gasteiger partial charge in [-0.1, -0.05) is 30.3 Å². The second kappa shape index (κ2) is 6.44. The van der Waals surface area contributed by atoms with Crippen LogP contribution in [0.25, 0.3) is 0 Å². The molecule has 0 amide bonds. The fraction of sp³-hybridized carbons (Fsp3) is 0.167. The summed E-state index contributed by atoms with van der Waals surface area (Å²) < 4.78 is 9.91. The number of ether oxygens (including phenoxy) is 2. The maximum atomic E-state index is 11.2. The molecule has 0 radical (unpaired) electrons. The van der Waals surface area contributed by atoms with Gasteiger partial charge < -0.3 is 14.6 Å². The van der Waals surface area contributed by atoms with Crippen LogP contribution in [0.5, 0.6) is 0 Å². The smallest absolute Gasteiger partial charge is 0.333 e. The number of hydrogen-bond donors (Lipinski definition) is 1. The lowest BCUT2D eigenvalue weighted by Crippen LogP contribution is -2.11. The minimum absolute atomic E-state index is 0.673. The van der Waals surface area contributed by atoms with Crippen molar-refractivity contribution in [3.05, 3.63) is 48.0 Å². The van der Waals surface area contributed by atoms with Crippen molar-refractivity contribution in [3.63, 3.8) is 0 Å². The van der Waals surface area contributed by atoms with Crippen LogP contribution in [0.15, 0.2) is 42.5 Å². The number of esters is 1. The van der Waals surface area contributed by atoms with Crippen LogP contribution in [0.3, 0.4) is 0 Å².